The molecule has 1 unspecified atom stereocenters. The van der Waals surface area contributed by atoms with Gasteiger partial charge >= 0.3 is 0 Å². The van der Waals surface area contributed by atoms with Crippen molar-refractivity contribution in [2.75, 3.05) is 18.3 Å². The maximum Gasteiger partial charge on any atom is 0.147 e. The average Bonchev–Trinajstić information content (AvgIpc) is 2.25. The monoisotopic (exact) mass is 259 g/mol. The van der Waals surface area contributed by atoms with Crippen LogP contribution in [0.4, 0.5) is 0 Å². The Hall–Kier alpha value is -0.520. The van der Waals surface area contributed by atoms with Crippen LogP contribution in [0.2, 0.25) is 0 Å². The van der Waals surface area contributed by atoms with Gasteiger partial charge in [-0.1, -0.05) is 12.1 Å². The normalized spacial score (nSPS) is 13.7. The van der Waals surface area contributed by atoms with Gasteiger partial charge in [0.1, 0.15) is 9.84 Å². The predicted octanol–water partition coefficient (Wildman–Crippen LogP) is 1.84. The highest BCUT2D eigenvalue weighted by atomic mass is 32.2. The summed E-state index contributed by atoms with van der Waals surface area (Å²) in [4.78, 5) is 1.18. The minimum atomic E-state index is -2.92. The molecule has 0 saturated carbocycles. The van der Waals surface area contributed by atoms with Gasteiger partial charge in [-0.05, 0) is 30.4 Å². The number of sulfone groups is 1. The Morgan fingerprint density at radius 1 is 1.31 bits per heavy atom. The molecule has 0 aromatic heterocycles. The van der Waals surface area contributed by atoms with Crippen LogP contribution < -0.4 is 5.73 Å². The van der Waals surface area contributed by atoms with Crippen molar-refractivity contribution >= 4 is 21.6 Å². The molecule has 3 nitrogen and oxygen atoms in total. The Morgan fingerprint density at radius 3 is 2.31 bits per heavy atom. The second-order valence-electron chi connectivity index (χ2n) is 3.80. The first kappa shape index (κ1) is 13.5. The molecule has 1 atom stereocenters. The van der Waals surface area contributed by atoms with Crippen LogP contribution in [0.3, 0.4) is 0 Å². The summed E-state index contributed by atoms with van der Waals surface area (Å²) >= 11 is 1.67. The number of benzene rings is 1. The van der Waals surface area contributed by atoms with Crippen LogP contribution >= 0.6 is 11.8 Å². The fourth-order valence-corrected chi connectivity index (χ4v) is 2.45. The lowest BCUT2D eigenvalue weighted by molar-refractivity contribution is 0.591. The molecule has 0 spiro atoms. The Bertz CT molecular complexity index is 426. The third-order valence-corrected chi connectivity index (χ3v) is 4.06. The maximum absolute atomic E-state index is 11.0. The first-order chi connectivity index (χ1) is 7.42. The molecular weight excluding hydrogens is 242 g/mol. The Morgan fingerprint density at radius 2 is 1.88 bits per heavy atom. The van der Waals surface area contributed by atoms with E-state index in [0.717, 1.165) is 5.56 Å². The summed E-state index contributed by atoms with van der Waals surface area (Å²) in [6, 6.07) is 7.71. The highest BCUT2D eigenvalue weighted by Gasteiger charge is 2.09. The van der Waals surface area contributed by atoms with Crippen molar-refractivity contribution in [1.29, 1.82) is 0 Å². The molecule has 0 aliphatic rings. The van der Waals surface area contributed by atoms with E-state index in [2.05, 4.69) is 0 Å². The lowest BCUT2D eigenvalue weighted by Crippen LogP contribution is -2.15. The zero-order valence-electron chi connectivity index (χ0n) is 9.51. The second-order valence-corrected chi connectivity index (χ2v) is 6.94. The predicted molar refractivity (Wildman–Crippen MR) is 69.5 cm³/mol. The molecular formula is C11H17NO2S2. The number of hydrogen-bond donors (Lipinski definition) is 1. The summed E-state index contributed by atoms with van der Waals surface area (Å²) in [6.07, 6.45) is 3.71. The lowest BCUT2D eigenvalue weighted by atomic mass is 10.1. The first-order valence-electron chi connectivity index (χ1n) is 4.99. The summed E-state index contributed by atoms with van der Waals surface area (Å²) in [5.74, 6) is 0.137. The van der Waals surface area contributed by atoms with Gasteiger partial charge in [0.25, 0.3) is 0 Å². The number of hydrogen-bond acceptors (Lipinski definition) is 4. The first-order valence-corrected chi connectivity index (χ1v) is 8.28. The molecule has 1 aromatic rings. The molecule has 0 aliphatic heterocycles. The fourth-order valence-electron chi connectivity index (χ4n) is 1.36. The van der Waals surface area contributed by atoms with Gasteiger partial charge in [-0.15, -0.1) is 11.8 Å². The van der Waals surface area contributed by atoms with Crippen LogP contribution in [0.5, 0.6) is 0 Å². The molecule has 5 heteroatoms. The van der Waals surface area contributed by atoms with Gasteiger partial charge in [0.2, 0.25) is 0 Å². The topological polar surface area (TPSA) is 60.2 Å². The van der Waals surface area contributed by atoms with Gasteiger partial charge < -0.3 is 5.73 Å². The Labute approximate surface area is 101 Å². The molecule has 0 bridgehead atoms. The quantitative estimate of drug-likeness (QED) is 0.820. The fraction of sp³-hybridized carbons (Fsp3) is 0.455. The minimum Gasteiger partial charge on any atom is -0.324 e. The Kier molecular flexibility index (Phi) is 4.83. The van der Waals surface area contributed by atoms with Crippen molar-refractivity contribution in [3.63, 3.8) is 0 Å². The lowest BCUT2D eigenvalue weighted by Gasteiger charge is -2.11. The highest BCUT2D eigenvalue weighted by Crippen LogP contribution is 2.19. The number of nitrogens with two attached hydrogens (primary N) is 1. The maximum atomic E-state index is 11.0. The smallest absolute Gasteiger partial charge is 0.147 e. The van der Waals surface area contributed by atoms with E-state index in [1.54, 1.807) is 11.8 Å². The van der Waals surface area contributed by atoms with Crippen molar-refractivity contribution in [2.24, 2.45) is 5.73 Å². The molecule has 90 valence electrons. The third-order valence-electron chi connectivity index (χ3n) is 2.34. The van der Waals surface area contributed by atoms with Gasteiger partial charge in [0.05, 0.1) is 5.75 Å². The van der Waals surface area contributed by atoms with E-state index in [0.29, 0.717) is 6.42 Å². The molecule has 1 rings (SSSR count). The van der Waals surface area contributed by atoms with Crippen LogP contribution in [-0.2, 0) is 9.84 Å². The minimum absolute atomic E-state index is 0.137. The van der Waals surface area contributed by atoms with Crippen molar-refractivity contribution in [3.8, 4) is 0 Å². The van der Waals surface area contributed by atoms with Gasteiger partial charge in [-0.2, -0.15) is 0 Å². The van der Waals surface area contributed by atoms with E-state index in [1.807, 2.05) is 30.5 Å². The molecule has 0 saturated heterocycles. The molecule has 1 aromatic carbocycles. The zero-order chi connectivity index (χ0) is 12.2. The summed E-state index contributed by atoms with van der Waals surface area (Å²) < 4.78 is 22.0. The Balaban J connectivity index is 2.62. The van der Waals surface area contributed by atoms with E-state index >= 15 is 0 Å². The van der Waals surface area contributed by atoms with Crippen LogP contribution in [0, 0.1) is 0 Å². The number of thioether (sulfide) groups is 1. The SMILES string of the molecule is CSc1ccc(C(N)CCS(C)(=O)=O)cc1. The van der Waals surface area contributed by atoms with Crippen molar-refractivity contribution in [2.45, 2.75) is 17.4 Å². The molecule has 2 N–H and O–H groups in total. The number of rotatable bonds is 5. The van der Waals surface area contributed by atoms with Crippen molar-refractivity contribution in [3.05, 3.63) is 29.8 Å². The van der Waals surface area contributed by atoms with Gasteiger partial charge in [-0.25, -0.2) is 8.42 Å². The van der Waals surface area contributed by atoms with Gasteiger partial charge in [-0.3, -0.25) is 0 Å². The van der Waals surface area contributed by atoms with E-state index in [-0.39, 0.29) is 11.8 Å². The molecule has 0 fully saturated rings. The van der Waals surface area contributed by atoms with E-state index in [9.17, 15) is 8.42 Å². The largest absolute Gasteiger partial charge is 0.324 e. The van der Waals surface area contributed by atoms with E-state index in [4.69, 9.17) is 5.73 Å². The zero-order valence-corrected chi connectivity index (χ0v) is 11.1. The average molecular weight is 259 g/mol. The summed E-state index contributed by atoms with van der Waals surface area (Å²) in [6.45, 7) is 0. The molecule has 0 amide bonds. The van der Waals surface area contributed by atoms with Crippen molar-refractivity contribution < 1.29 is 8.42 Å². The summed E-state index contributed by atoms with van der Waals surface area (Å²) in [5, 5.41) is 0. The summed E-state index contributed by atoms with van der Waals surface area (Å²) in [5.41, 5.74) is 6.91. The van der Waals surface area contributed by atoms with Crippen molar-refractivity contribution in [1.82, 2.24) is 0 Å². The molecule has 0 aliphatic carbocycles. The molecule has 16 heavy (non-hydrogen) atoms. The second kappa shape index (κ2) is 5.70. The van der Waals surface area contributed by atoms with Crippen LogP contribution in [0.1, 0.15) is 18.0 Å². The van der Waals surface area contributed by atoms with Crippen LogP contribution in [0.15, 0.2) is 29.2 Å². The van der Waals surface area contributed by atoms with E-state index < -0.39 is 9.84 Å². The highest BCUT2D eigenvalue weighted by molar-refractivity contribution is 7.98. The van der Waals surface area contributed by atoms with E-state index in [1.165, 1.54) is 11.2 Å². The molecule has 0 radical (unpaired) electrons. The summed E-state index contributed by atoms with van der Waals surface area (Å²) in [7, 11) is -2.92. The third kappa shape index (κ3) is 4.55. The van der Waals surface area contributed by atoms with Gasteiger partial charge in [0, 0.05) is 17.2 Å². The standard InChI is InChI=1S/C11H17NO2S2/c1-15-10-5-3-9(4-6-10)11(12)7-8-16(2,13)14/h3-6,11H,7-8,12H2,1-2H3. The van der Waals surface area contributed by atoms with Crippen LogP contribution in [-0.4, -0.2) is 26.7 Å². The van der Waals surface area contributed by atoms with Crippen LogP contribution in [0.25, 0.3) is 0 Å². The molecule has 0 heterocycles. The van der Waals surface area contributed by atoms with Gasteiger partial charge in [0.15, 0.2) is 0 Å².